The fourth-order valence-corrected chi connectivity index (χ4v) is 4.13. The Kier molecular flexibility index (Phi) is 5.87. The van der Waals surface area contributed by atoms with Crippen molar-refractivity contribution in [2.75, 3.05) is 13.1 Å². The molecule has 1 aliphatic heterocycles. The van der Waals surface area contributed by atoms with Gasteiger partial charge in [0.05, 0.1) is 5.41 Å². The maximum absolute atomic E-state index is 12.8. The molecule has 2 aromatic carbocycles. The minimum Gasteiger partial charge on any atom is -0.481 e. The van der Waals surface area contributed by atoms with Crippen LogP contribution in [0.3, 0.4) is 0 Å². The van der Waals surface area contributed by atoms with Crippen LogP contribution in [0.4, 0.5) is 0 Å². The van der Waals surface area contributed by atoms with Crippen molar-refractivity contribution in [1.29, 1.82) is 0 Å². The Morgan fingerprint density at radius 1 is 0.964 bits per heavy atom. The highest BCUT2D eigenvalue weighted by Crippen LogP contribution is 2.36. The highest BCUT2D eigenvalue weighted by atomic mass is 16.4. The number of hydrogen-bond acceptors (Lipinski definition) is 2. The fraction of sp³-hybridized carbons (Fsp3) is 0.417. The predicted molar refractivity (Wildman–Crippen MR) is 110 cm³/mol. The van der Waals surface area contributed by atoms with Gasteiger partial charge in [-0.1, -0.05) is 74.5 Å². The number of nitrogens with zero attached hydrogens (tertiary/aromatic N) is 1. The van der Waals surface area contributed by atoms with Crippen molar-refractivity contribution in [1.82, 2.24) is 4.90 Å². The number of benzene rings is 2. The lowest BCUT2D eigenvalue weighted by Gasteiger charge is -2.39. The highest BCUT2D eigenvalue weighted by molar-refractivity contribution is 5.82. The molecule has 4 nitrogen and oxygen atoms in total. The number of carbonyl (C=O) groups is 2. The van der Waals surface area contributed by atoms with Gasteiger partial charge in [-0.25, -0.2) is 0 Å². The summed E-state index contributed by atoms with van der Waals surface area (Å²) in [5, 5.41) is 9.90. The zero-order valence-corrected chi connectivity index (χ0v) is 16.7. The molecule has 0 unspecified atom stereocenters. The summed E-state index contributed by atoms with van der Waals surface area (Å²) in [4.78, 5) is 26.7. The van der Waals surface area contributed by atoms with E-state index in [4.69, 9.17) is 0 Å². The molecular formula is C24H29NO3. The SMILES string of the molecule is CC(C)(CCC(=O)N1CCC(C(=O)O)(c2ccccc2)CC1)c1ccccc1. The van der Waals surface area contributed by atoms with Gasteiger partial charge < -0.3 is 10.0 Å². The summed E-state index contributed by atoms with van der Waals surface area (Å²) in [5.41, 5.74) is 1.11. The van der Waals surface area contributed by atoms with Gasteiger partial charge in [-0.2, -0.15) is 0 Å². The number of likely N-dealkylation sites (tertiary alicyclic amines) is 1. The Hall–Kier alpha value is -2.62. The van der Waals surface area contributed by atoms with Crippen LogP contribution in [-0.2, 0) is 20.4 Å². The second-order valence-electron chi connectivity index (χ2n) is 8.38. The van der Waals surface area contributed by atoms with E-state index in [9.17, 15) is 14.7 Å². The molecule has 3 rings (SSSR count). The van der Waals surface area contributed by atoms with Crippen molar-refractivity contribution in [3.8, 4) is 0 Å². The van der Waals surface area contributed by atoms with E-state index in [1.807, 2.05) is 53.4 Å². The minimum atomic E-state index is -0.888. The number of piperidine rings is 1. The molecule has 0 atom stereocenters. The van der Waals surface area contributed by atoms with Crippen LogP contribution < -0.4 is 0 Å². The van der Waals surface area contributed by atoms with Crippen molar-refractivity contribution in [2.24, 2.45) is 0 Å². The zero-order valence-electron chi connectivity index (χ0n) is 16.7. The topological polar surface area (TPSA) is 57.6 Å². The lowest BCUT2D eigenvalue weighted by Crippen LogP contribution is -2.49. The molecule has 1 heterocycles. The van der Waals surface area contributed by atoms with Gasteiger partial charge in [0.2, 0.25) is 5.91 Å². The lowest BCUT2D eigenvalue weighted by molar-refractivity contribution is -0.148. The first-order chi connectivity index (χ1) is 13.3. The first-order valence-electron chi connectivity index (χ1n) is 9.97. The maximum atomic E-state index is 12.8. The van der Waals surface area contributed by atoms with Crippen molar-refractivity contribution in [3.05, 3.63) is 71.8 Å². The fourth-order valence-electron chi connectivity index (χ4n) is 4.13. The summed E-state index contributed by atoms with van der Waals surface area (Å²) >= 11 is 0. The van der Waals surface area contributed by atoms with Gasteiger partial charge in [0, 0.05) is 19.5 Å². The van der Waals surface area contributed by atoms with Crippen LogP contribution in [0.2, 0.25) is 0 Å². The third-order valence-corrected chi connectivity index (χ3v) is 6.22. The summed E-state index contributed by atoms with van der Waals surface area (Å²) in [5.74, 6) is -0.674. The van der Waals surface area contributed by atoms with Crippen LogP contribution in [0.5, 0.6) is 0 Å². The number of rotatable bonds is 6. The summed E-state index contributed by atoms with van der Waals surface area (Å²) in [6.45, 7) is 5.31. The van der Waals surface area contributed by atoms with Gasteiger partial charge >= 0.3 is 5.97 Å². The van der Waals surface area contributed by atoms with Crippen LogP contribution in [-0.4, -0.2) is 35.0 Å². The minimum absolute atomic E-state index is 0.0679. The van der Waals surface area contributed by atoms with Crippen molar-refractivity contribution in [2.45, 2.75) is 50.4 Å². The molecule has 1 fully saturated rings. The summed E-state index contributed by atoms with van der Waals surface area (Å²) in [6, 6.07) is 19.7. The molecule has 1 amide bonds. The van der Waals surface area contributed by atoms with Gasteiger partial charge in [0.15, 0.2) is 0 Å². The third-order valence-electron chi connectivity index (χ3n) is 6.22. The quantitative estimate of drug-likeness (QED) is 0.810. The van der Waals surface area contributed by atoms with Crippen LogP contribution in [0.25, 0.3) is 0 Å². The summed E-state index contributed by atoms with van der Waals surface area (Å²) < 4.78 is 0. The first kappa shape index (κ1) is 20.1. The largest absolute Gasteiger partial charge is 0.481 e. The number of hydrogen-bond donors (Lipinski definition) is 1. The number of carboxylic acids is 1. The van der Waals surface area contributed by atoms with Crippen LogP contribution in [0.1, 0.15) is 50.7 Å². The molecule has 0 aromatic heterocycles. The highest BCUT2D eigenvalue weighted by Gasteiger charge is 2.43. The van der Waals surface area contributed by atoms with E-state index in [1.165, 1.54) is 5.56 Å². The molecule has 0 bridgehead atoms. The first-order valence-corrected chi connectivity index (χ1v) is 9.97. The molecular weight excluding hydrogens is 350 g/mol. The van der Waals surface area contributed by atoms with Crippen molar-refractivity contribution in [3.63, 3.8) is 0 Å². The lowest BCUT2D eigenvalue weighted by atomic mass is 9.72. The Balaban J connectivity index is 1.61. The average molecular weight is 380 g/mol. The van der Waals surface area contributed by atoms with Gasteiger partial charge in [-0.3, -0.25) is 9.59 Å². The van der Waals surface area contributed by atoms with Crippen LogP contribution in [0, 0.1) is 0 Å². The molecule has 0 radical (unpaired) electrons. The van der Waals surface area contributed by atoms with E-state index >= 15 is 0 Å². The van der Waals surface area contributed by atoms with Gasteiger partial charge in [0.1, 0.15) is 0 Å². The number of carbonyl (C=O) groups excluding carboxylic acids is 1. The molecule has 1 N–H and O–H groups in total. The molecule has 2 aromatic rings. The second kappa shape index (κ2) is 8.17. The van der Waals surface area contributed by atoms with E-state index in [0.717, 1.165) is 12.0 Å². The Morgan fingerprint density at radius 2 is 1.50 bits per heavy atom. The second-order valence-corrected chi connectivity index (χ2v) is 8.38. The Morgan fingerprint density at radius 3 is 2.04 bits per heavy atom. The van der Waals surface area contributed by atoms with Crippen LogP contribution in [0.15, 0.2) is 60.7 Å². The van der Waals surface area contributed by atoms with E-state index in [2.05, 4.69) is 26.0 Å². The van der Waals surface area contributed by atoms with Crippen molar-refractivity contribution < 1.29 is 14.7 Å². The Labute approximate surface area is 167 Å². The van der Waals surface area contributed by atoms with Gasteiger partial charge in [-0.15, -0.1) is 0 Å². The van der Waals surface area contributed by atoms with Crippen LogP contribution >= 0.6 is 0 Å². The molecule has 4 heteroatoms. The van der Waals surface area contributed by atoms with E-state index < -0.39 is 11.4 Å². The molecule has 148 valence electrons. The van der Waals surface area contributed by atoms with Crippen molar-refractivity contribution >= 4 is 11.9 Å². The number of aliphatic carboxylic acids is 1. The Bertz CT molecular complexity index is 806. The van der Waals surface area contributed by atoms with E-state index in [-0.39, 0.29) is 11.3 Å². The van der Waals surface area contributed by atoms with E-state index in [0.29, 0.717) is 32.4 Å². The zero-order chi connectivity index (χ0) is 20.2. The predicted octanol–water partition coefficient (Wildman–Crippen LogP) is 4.39. The summed E-state index contributed by atoms with van der Waals surface area (Å²) in [6.07, 6.45) is 2.17. The summed E-state index contributed by atoms with van der Waals surface area (Å²) in [7, 11) is 0. The van der Waals surface area contributed by atoms with E-state index in [1.54, 1.807) is 0 Å². The standard InChI is InChI=1S/C24H29NO3/c1-23(2,19-9-5-3-6-10-19)14-13-21(26)25-17-15-24(16-18-25,22(27)28)20-11-7-4-8-12-20/h3-12H,13-18H2,1-2H3,(H,27,28). The third kappa shape index (κ3) is 4.11. The van der Waals surface area contributed by atoms with Gasteiger partial charge in [0.25, 0.3) is 0 Å². The molecule has 0 aliphatic carbocycles. The smallest absolute Gasteiger partial charge is 0.314 e. The van der Waals surface area contributed by atoms with Gasteiger partial charge in [-0.05, 0) is 35.8 Å². The number of amides is 1. The molecule has 0 saturated carbocycles. The monoisotopic (exact) mass is 379 g/mol. The normalized spacial score (nSPS) is 16.6. The molecule has 28 heavy (non-hydrogen) atoms. The molecule has 1 saturated heterocycles. The maximum Gasteiger partial charge on any atom is 0.314 e. The molecule has 1 aliphatic rings. The number of carboxylic acid groups (broad SMARTS) is 1. The average Bonchev–Trinajstić information content (AvgIpc) is 2.73. The molecule has 0 spiro atoms.